The number of para-hydroxylation sites is 1. The van der Waals surface area contributed by atoms with Gasteiger partial charge in [0.2, 0.25) is 30.0 Å². The first kappa shape index (κ1) is 34.3. The summed E-state index contributed by atoms with van der Waals surface area (Å²) in [7, 11) is 1.68. The summed E-state index contributed by atoms with van der Waals surface area (Å²) in [5.41, 5.74) is 3.67. The molecule has 49 heavy (non-hydrogen) atoms. The third-order valence-electron chi connectivity index (χ3n) is 8.20. The molecule has 12 heteroatoms. The number of hydrogen-bond donors (Lipinski definition) is 4. The molecule has 0 aliphatic carbocycles. The molecule has 0 aliphatic rings. The molecule has 0 saturated heterocycles. The number of nitrogens with zero attached hydrogens (tertiary/aromatic N) is 3. The number of amides is 4. The van der Waals surface area contributed by atoms with Gasteiger partial charge in [-0.25, -0.2) is 4.98 Å². The number of aromatic nitrogens is 3. The van der Waals surface area contributed by atoms with Crippen molar-refractivity contribution in [3.8, 4) is 0 Å². The van der Waals surface area contributed by atoms with Crippen LogP contribution in [0, 0.1) is 0 Å². The van der Waals surface area contributed by atoms with E-state index in [2.05, 4.69) is 25.9 Å². The zero-order valence-corrected chi connectivity index (χ0v) is 27.3. The first-order chi connectivity index (χ1) is 23.7. The average molecular weight is 662 g/mol. The van der Waals surface area contributed by atoms with Crippen LogP contribution in [0.3, 0.4) is 0 Å². The van der Waals surface area contributed by atoms with Crippen molar-refractivity contribution in [2.45, 2.75) is 50.9 Å². The summed E-state index contributed by atoms with van der Waals surface area (Å²) in [5.74, 6) is -1.93. The quantitative estimate of drug-likeness (QED) is 0.126. The Hall–Kier alpha value is -6.04. The van der Waals surface area contributed by atoms with E-state index in [4.69, 9.17) is 0 Å². The van der Waals surface area contributed by atoms with Crippen molar-refractivity contribution in [3.05, 3.63) is 126 Å². The number of fused-ring (bicyclic) bond motifs is 1. The predicted octanol–water partition coefficient (Wildman–Crippen LogP) is 2.56. The fourth-order valence-electron chi connectivity index (χ4n) is 5.82. The summed E-state index contributed by atoms with van der Waals surface area (Å²) >= 11 is 0. The van der Waals surface area contributed by atoms with E-state index >= 15 is 0 Å². The topological polar surface area (TPSA) is 158 Å². The minimum atomic E-state index is -1.18. The smallest absolute Gasteiger partial charge is 0.245 e. The van der Waals surface area contributed by atoms with Gasteiger partial charge in [0.15, 0.2) is 0 Å². The normalized spacial score (nSPS) is 12.8. The molecule has 0 spiro atoms. The molecule has 3 aromatic carbocycles. The highest BCUT2D eigenvalue weighted by Crippen LogP contribution is 2.22. The Morgan fingerprint density at radius 3 is 2.04 bits per heavy atom. The largest absolute Gasteiger partial charge is 0.348 e. The third-order valence-corrected chi connectivity index (χ3v) is 8.20. The second-order valence-corrected chi connectivity index (χ2v) is 11.9. The van der Waals surface area contributed by atoms with Crippen molar-refractivity contribution >= 4 is 40.9 Å². The Morgan fingerprint density at radius 1 is 0.796 bits per heavy atom. The van der Waals surface area contributed by atoms with Crippen LogP contribution in [-0.2, 0) is 49.8 Å². The van der Waals surface area contributed by atoms with E-state index < -0.39 is 35.8 Å². The molecule has 3 atom stereocenters. The van der Waals surface area contributed by atoms with Crippen molar-refractivity contribution < 1.29 is 24.0 Å². The number of aromatic amines is 1. The fraction of sp³-hybridized carbons (Fsp3) is 0.243. The maximum absolute atomic E-state index is 14.3. The van der Waals surface area contributed by atoms with E-state index in [1.807, 2.05) is 72.8 Å². The molecule has 0 saturated carbocycles. The van der Waals surface area contributed by atoms with E-state index in [1.54, 1.807) is 36.5 Å². The first-order valence-electron chi connectivity index (χ1n) is 15.9. The number of rotatable bonds is 15. The summed E-state index contributed by atoms with van der Waals surface area (Å²) in [4.78, 5) is 74.5. The van der Waals surface area contributed by atoms with Gasteiger partial charge in [-0.15, -0.1) is 0 Å². The summed E-state index contributed by atoms with van der Waals surface area (Å²) in [6.07, 6.45) is 5.63. The van der Waals surface area contributed by atoms with Gasteiger partial charge in [0.25, 0.3) is 0 Å². The van der Waals surface area contributed by atoms with Crippen molar-refractivity contribution in [1.29, 1.82) is 0 Å². The average Bonchev–Trinajstić information content (AvgIpc) is 3.75. The molecule has 12 nitrogen and oxygen atoms in total. The lowest BCUT2D eigenvalue weighted by molar-refractivity contribution is -0.137. The van der Waals surface area contributed by atoms with Crippen LogP contribution < -0.4 is 16.0 Å². The van der Waals surface area contributed by atoms with Crippen LogP contribution in [0.15, 0.2) is 104 Å². The van der Waals surface area contributed by atoms with Gasteiger partial charge >= 0.3 is 0 Å². The molecule has 0 aliphatic heterocycles. The van der Waals surface area contributed by atoms with E-state index in [-0.39, 0.29) is 25.2 Å². The zero-order valence-electron chi connectivity index (χ0n) is 27.3. The molecule has 0 bridgehead atoms. The molecule has 0 radical (unpaired) electrons. The highest BCUT2D eigenvalue weighted by atomic mass is 16.2. The van der Waals surface area contributed by atoms with Crippen molar-refractivity contribution in [2.24, 2.45) is 0 Å². The molecular formula is C37H39N7O5. The predicted molar refractivity (Wildman–Crippen MR) is 185 cm³/mol. The van der Waals surface area contributed by atoms with Crippen LogP contribution in [0.4, 0.5) is 0 Å². The summed E-state index contributed by atoms with van der Waals surface area (Å²) in [6.45, 7) is 1.63. The van der Waals surface area contributed by atoms with Crippen molar-refractivity contribution in [2.75, 3.05) is 7.05 Å². The number of carbonyl (C=O) groups excluding carboxylic acids is 5. The van der Waals surface area contributed by atoms with E-state index in [0.29, 0.717) is 29.7 Å². The number of benzene rings is 3. The number of carbonyl (C=O) groups is 5. The summed E-state index contributed by atoms with van der Waals surface area (Å²) in [5, 5.41) is 9.15. The van der Waals surface area contributed by atoms with Gasteiger partial charge in [-0.1, -0.05) is 78.9 Å². The Labute approximate surface area is 283 Å². The number of likely N-dealkylation sites (N-methyl/N-ethyl adjacent to an activating group) is 1. The highest BCUT2D eigenvalue weighted by molar-refractivity contribution is 5.95. The number of hydrogen-bond acceptors (Lipinski definition) is 6. The molecular weight excluding hydrogens is 622 g/mol. The van der Waals surface area contributed by atoms with Crippen LogP contribution in [0.5, 0.6) is 0 Å². The van der Waals surface area contributed by atoms with Crippen LogP contribution in [0.1, 0.15) is 29.3 Å². The van der Waals surface area contributed by atoms with E-state index in [0.717, 1.165) is 16.5 Å². The molecule has 2 aromatic heterocycles. The number of H-pyrrole nitrogens is 1. The van der Waals surface area contributed by atoms with Crippen LogP contribution in [-0.4, -0.2) is 74.6 Å². The third kappa shape index (κ3) is 9.07. The minimum absolute atomic E-state index is 0.00186. The Morgan fingerprint density at radius 2 is 1.41 bits per heavy atom. The maximum Gasteiger partial charge on any atom is 0.245 e. The summed E-state index contributed by atoms with van der Waals surface area (Å²) < 4.78 is 1.42. The molecule has 2 heterocycles. The lowest BCUT2D eigenvalue weighted by atomic mass is 10.0. The second-order valence-electron chi connectivity index (χ2n) is 11.9. The molecule has 5 aromatic rings. The summed E-state index contributed by atoms with van der Waals surface area (Å²) in [6, 6.07) is 23.0. The van der Waals surface area contributed by atoms with Gasteiger partial charge in [-0.2, -0.15) is 0 Å². The van der Waals surface area contributed by atoms with Gasteiger partial charge in [0.1, 0.15) is 18.1 Å². The molecule has 4 N–H and O–H groups in total. The van der Waals surface area contributed by atoms with Gasteiger partial charge in [0, 0.05) is 63.3 Å². The maximum atomic E-state index is 14.3. The highest BCUT2D eigenvalue weighted by Gasteiger charge is 2.32. The molecule has 1 unspecified atom stereocenters. The fourth-order valence-corrected chi connectivity index (χ4v) is 5.82. The van der Waals surface area contributed by atoms with Crippen LogP contribution in [0.2, 0.25) is 0 Å². The number of imidazole rings is 1. The van der Waals surface area contributed by atoms with E-state index in [1.165, 1.54) is 17.8 Å². The van der Waals surface area contributed by atoms with Crippen molar-refractivity contribution in [3.63, 3.8) is 0 Å². The van der Waals surface area contributed by atoms with Gasteiger partial charge in [0.05, 0.1) is 11.8 Å². The number of nitrogens with one attached hydrogen (secondary N) is 4. The van der Waals surface area contributed by atoms with Gasteiger partial charge in [-0.05, 0) is 22.8 Å². The van der Waals surface area contributed by atoms with Crippen molar-refractivity contribution in [1.82, 2.24) is 35.4 Å². The molecule has 5 rings (SSSR count). The Bertz CT molecular complexity index is 1890. The van der Waals surface area contributed by atoms with Crippen LogP contribution in [0.25, 0.3) is 10.9 Å². The zero-order chi connectivity index (χ0) is 34.8. The lowest BCUT2D eigenvalue weighted by Gasteiger charge is -2.28. The molecule has 252 valence electrons. The minimum Gasteiger partial charge on any atom is -0.348 e. The molecule has 0 fully saturated rings. The van der Waals surface area contributed by atoms with Gasteiger partial charge in [-0.3, -0.25) is 28.5 Å². The standard InChI is InChI=1S/C37H39N7O5/c1-25(46)40-32(19-29-20-38-23-39-29)36(48)41-31(18-28-22-44(24-45)34-16-10-9-15-30(28)34)35(47)42-33(17-26-11-5-3-6-12-26)37(49)43(2)21-27-13-7-4-8-14-27/h3-16,20,22-24,31-33H,17-19,21H2,1-2H3,(H,38,39)(H,40,46)(H,41,48)(H,42,47)/t31-,32?,33+/m1/s1. The first-order valence-corrected chi connectivity index (χ1v) is 15.9. The second kappa shape index (κ2) is 16.2. The lowest BCUT2D eigenvalue weighted by Crippen LogP contribution is -2.58. The van der Waals surface area contributed by atoms with Gasteiger partial charge < -0.3 is 25.8 Å². The SMILES string of the molecule is CC(=O)NC(Cc1cnc[nH]1)C(=O)N[C@H](Cc1cn(C=O)c2ccccc12)C(=O)N[C@@H](Cc1ccccc1)C(=O)N(C)Cc1ccccc1. The molecule has 4 amide bonds. The van der Waals surface area contributed by atoms with Crippen LogP contribution >= 0.6 is 0 Å². The Kier molecular flexibility index (Phi) is 11.3. The van der Waals surface area contributed by atoms with E-state index in [9.17, 15) is 24.0 Å². The monoisotopic (exact) mass is 661 g/mol. The Balaban J connectivity index is 1.45.